The van der Waals surface area contributed by atoms with Gasteiger partial charge in [0.25, 0.3) is 0 Å². The summed E-state index contributed by atoms with van der Waals surface area (Å²) in [5.41, 5.74) is 17.0. The SMILES string of the molecule is O=C1c2cc(-c3ccccc3)ccc2C2(c3ccc(-c4ccccc4)cc31)c1ccccc1N(c1cc(-c3ccccc3)cc(-c3ccccc3)c1)c1ccccc12. The highest BCUT2D eigenvalue weighted by molar-refractivity contribution is 6.16. The number of benzene rings is 9. The van der Waals surface area contributed by atoms with Crippen LogP contribution in [0.4, 0.5) is 17.1 Å². The Hall–Kier alpha value is -7.55. The molecule has 1 heterocycles. The summed E-state index contributed by atoms with van der Waals surface area (Å²) in [5, 5.41) is 0. The molecule has 0 aromatic heterocycles. The predicted molar refractivity (Wildman–Crippen MR) is 238 cm³/mol. The highest BCUT2D eigenvalue weighted by Crippen LogP contribution is 2.61. The normalized spacial score (nSPS) is 13.3. The van der Waals surface area contributed by atoms with E-state index in [2.05, 4.69) is 217 Å². The molecule has 0 unspecified atom stereocenters. The van der Waals surface area contributed by atoms with Gasteiger partial charge in [0.15, 0.2) is 5.78 Å². The number of hydrogen-bond donors (Lipinski definition) is 0. The second-order valence-electron chi connectivity index (χ2n) is 15.2. The molecule has 1 spiro atoms. The first-order valence-corrected chi connectivity index (χ1v) is 19.9. The average Bonchev–Trinajstić information content (AvgIpc) is 3.31. The summed E-state index contributed by atoms with van der Waals surface area (Å²) in [6.45, 7) is 0. The summed E-state index contributed by atoms with van der Waals surface area (Å²) < 4.78 is 0. The Morgan fingerprint density at radius 1 is 0.293 bits per heavy atom. The van der Waals surface area contributed by atoms with Crippen LogP contribution in [0.25, 0.3) is 44.5 Å². The van der Waals surface area contributed by atoms with Crippen molar-refractivity contribution in [3.05, 3.63) is 258 Å². The molecule has 0 atom stereocenters. The van der Waals surface area contributed by atoms with Gasteiger partial charge in [0.05, 0.1) is 16.8 Å². The summed E-state index contributed by atoms with van der Waals surface area (Å²) in [6.07, 6.45) is 0. The summed E-state index contributed by atoms with van der Waals surface area (Å²) >= 11 is 0. The van der Waals surface area contributed by atoms with Crippen molar-refractivity contribution < 1.29 is 4.79 Å². The third-order valence-corrected chi connectivity index (χ3v) is 12.0. The van der Waals surface area contributed by atoms with Crippen molar-refractivity contribution in [1.82, 2.24) is 0 Å². The first-order chi connectivity index (χ1) is 28.7. The van der Waals surface area contributed by atoms with Gasteiger partial charge in [-0.2, -0.15) is 0 Å². The third kappa shape index (κ3) is 5.23. The first kappa shape index (κ1) is 33.8. The van der Waals surface area contributed by atoms with Crippen molar-refractivity contribution in [2.75, 3.05) is 4.90 Å². The van der Waals surface area contributed by atoms with Crippen molar-refractivity contribution in [3.63, 3.8) is 0 Å². The maximum atomic E-state index is 15.1. The number of hydrogen-bond acceptors (Lipinski definition) is 2. The molecule has 0 N–H and O–H groups in total. The molecule has 0 amide bonds. The van der Waals surface area contributed by atoms with Gasteiger partial charge in [-0.15, -0.1) is 0 Å². The second kappa shape index (κ2) is 13.6. The van der Waals surface area contributed by atoms with E-state index in [9.17, 15) is 0 Å². The van der Waals surface area contributed by atoms with E-state index in [1.54, 1.807) is 0 Å². The molecule has 2 heteroatoms. The van der Waals surface area contributed by atoms with Gasteiger partial charge in [-0.05, 0) is 109 Å². The molecule has 0 radical (unpaired) electrons. The first-order valence-electron chi connectivity index (χ1n) is 19.9. The highest BCUT2D eigenvalue weighted by Gasteiger charge is 2.51. The number of nitrogens with zero attached hydrogens (tertiary/aromatic N) is 1. The van der Waals surface area contributed by atoms with E-state index < -0.39 is 5.41 Å². The lowest BCUT2D eigenvalue weighted by molar-refractivity contribution is 0.103. The smallest absolute Gasteiger partial charge is 0.193 e. The van der Waals surface area contributed by atoms with Crippen molar-refractivity contribution in [2.24, 2.45) is 0 Å². The standard InChI is InChI=1S/C56H37NO/c58-55-47-36-42(38-17-5-1-6-18-38)29-31-49(47)56(50-32-30-43(37-48(50)55)39-19-7-2-8-20-39)51-25-13-15-27-53(51)57(54-28-16-14-26-52(54)56)46-34-44(40-21-9-3-10-22-40)33-45(35-46)41-23-11-4-12-24-41/h1-37H. The van der Waals surface area contributed by atoms with Gasteiger partial charge in [0, 0.05) is 16.8 Å². The van der Waals surface area contributed by atoms with Crippen LogP contribution >= 0.6 is 0 Å². The molecule has 2 aliphatic rings. The third-order valence-electron chi connectivity index (χ3n) is 12.0. The van der Waals surface area contributed by atoms with Crippen LogP contribution in [0.1, 0.15) is 38.2 Å². The predicted octanol–water partition coefficient (Wildman–Crippen LogP) is 14.1. The number of carbonyl (C=O) groups is 1. The summed E-state index contributed by atoms with van der Waals surface area (Å²) in [6, 6.07) is 79.6. The summed E-state index contributed by atoms with van der Waals surface area (Å²) in [7, 11) is 0. The number of anilines is 3. The lowest BCUT2D eigenvalue weighted by atomic mass is 9.57. The molecular weight excluding hydrogens is 703 g/mol. The van der Waals surface area contributed by atoms with Crippen LogP contribution in [0.15, 0.2) is 224 Å². The average molecular weight is 740 g/mol. The van der Waals surface area contributed by atoms with Crippen molar-refractivity contribution in [3.8, 4) is 44.5 Å². The van der Waals surface area contributed by atoms with Crippen LogP contribution in [0, 0.1) is 0 Å². The minimum atomic E-state index is -0.786. The molecule has 272 valence electrons. The monoisotopic (exact) mass is 739 g/mol. The number of carbonyl (C=O) groups excluding carboxylic acids is 1. The van der Waals surface area contributed by atoms with Gasteiger partial charge in [0.1, 0.15) is 0 Å². The van der Waals surface area contributed by atoms with Crippen molar-refractivity contribution >= 4 is 22.8 Å². The molecular formula is C56H37NO. The number of rotatable bonds is 5. The van der Waals surface area contributed by atoms with E-state index in [1.807, 2.05) is 12.1 Å². The van der Waals surface area contributed by atoms with Crippen LogP contribution in [-0.4, -0.2) is 5.78 Å². The quantitative estimate of drug-likeness (QED) is 0.175. The molecule has 0 saturated carbocycles. The molecule has 0 saturated heterocycles. The van der Waals surface area contributed by atoms with Crippen LogP contribution in [0.5, 0.6) is 0 Å². The topological polar surface area (TPSA) is 20.3 Å². The molecule has 1 aliphatic heterocycles. The van der Waals surface area contributed by atoms with Gasteiger partial charge in [-0.25, -0.2) is 0 Å². The van der Waals surface area contributed by atoms with Gasteiger partial charge in [-0.1, -0.05) is 182 Å². The van der Waals surface area contributed by atoms with E-state index in [0.29, 0.717) is 0 Å². The Bertz CT molecular complexity index is 2810. The molecule has 9 aromatic rings. The van der Waals surface area contributed by atoms with Gasteiger partial charge < -0.3 is 4.90 Å². The fourth-order valence-electron chi connectivity index (χ4n) is 9.47. The Kier molecular flexibility index (Phi) is 7.91. The van der Waals surface area contributed by atoms with Crippen molar-refractivity contribution in [2.45, 2.75) is 5.41 Å². The molecule has 1 aliphatic carbocycles. The van der Waals surface area contributed by atoms with Crippen LogP contribution in [0.3, 0.4) is 0 Å². The minimum Gasteiger partial charge on any atom is -0.310 e. The second-order valence-corrected chi connectivity index (χ2v) is 15.2. The zero-order valence-electron chi connectivity index (χ0n) is 31.7. The molecule has 9 aromatic carbocycles. The number of para-hydroxylation sites is 2. The molecule has 2 nitrogen and oxygen atoms in total. The lowest BCUT2D eigenvalue weighted by Gasteiger charge is -2.49. The zero-order valence-corrected chi connectivity index (χ0v) is 31.7. The van der Waals surface area contributed by atoms with Gasteiger partial charge >= 0.3 is 0 Å². The van der Waals surface area contributed by atoms with Crippen LogP contribution in [-0.2, 0) is 5.41 Å². The summed E-state index contributed by atoms with van der Waals surface area (Å²) in [5.74, 6) is 0.0478. The van der Waals surface area contributed by atoms with E-state index in [0.717, 1.165) is 95.0 Å². The highest BCUT2D eigenvalue weighted by atomic mass is 16.1. The minimum absolute atomic E-state index is 0.0478. The van der Waals surface area contributed by atoms with Gasteiger partial charge in [0.2, 0.25) is 0 Å². The zero-order chi connectivity index (χ0) is 38.6. The lowest BCUT2D eigenvalue weighted by Crippen LogP contribution is -2.42. The molecule has 11 rings (SSSR count). The number of ketones is 1. The Balaban J connectivity index is 1.21. The Labute approximate surface area is 339 Å². The van der Waals surface area contributed by atoms with Gasteiger partial charge in [-0.3, -0.25) is 4.79 Å². The van der Waals surface area contributed by atoms with E-state index in [1.165, 1.54) is 0 Å². The van der Waals surface area contributed by atoms with E-state index >= 15 is 4.79 Å². The maximum absolute atomic E-state index is 15.1. The molecule has 0 bridgehead atoms. The van der Waals surface area contributed by atoms with E-state index in [4.69, 9.17) is 0 Å². The maximum Gasteiger partial charge on any atom is 0.193 e. The van der Waals surface area contributed by atoms with Crippen LogP contribution in [0.2, 0.25) is 0 Å². The van der Waals surface area contributed by atoms with Crippen molar-refractivity contribution in [1.29, 1.82) is 0 Å². The summed E-state index contributed by atoms with van der Waals surface area (Å²) in [4.78, 5) is 17.6. The fraction of sp³-hybridized carbons (Fsp3) is 0.0179. The largest absolute Gasteiger partial charge is 0.310 e. The van der Waals surface area contributed by atoms with E-state index in [-0.39, 0.29) is 5.78 Å². The Morgan fingerprint density at radius 2 is 0.655 bits per heavy atom. The fourth-order valence-corrected chi connectivity index (χ4v) is 9.47. The number of fused-ring (bicyclic) bond motifs is 8. The Morgan fingerprint density at radius 3 is 1.07 bits per heavy atom. The molecule has 0 fully saturated rings. The molecule has 58 heavy (non-hydrogen) atoms. The van der Waals surface area contributed by atoms with Crippen LogP contribution < -0.4 is 4.90 Å².